The fraction of sp³-hybridized carbons (Fsp3) is 0.857. The van der Waals surface area contributed by atoms with Crippen LogP contribution in [0.3, 0.4) is 0 Å². The van der Waals surface area contributed by atoms with Crippen LogP contribution in [-0.4, -0.2) is 34.4 Å². The molecule has 0 aliphatic carbocycles. The molecule has 2 N–H and O–H groups in total. The smallest absolute Gasteiger partial charge is 0.230 e. The zero-order chi connectivity index (χ0) is 15.1. The van der Waals surface area contributed by atoms with Crippen molar-refractivity contribution in [1.29, 1.82) is 0 Å². The molecule has 0 radical (unpaired) electrons. The summed E-state index contributed by atoms with van der Waals surface area (Å²) in [6.07, 6.45) is 1.77. The first-order chi connectivity index (χ1) is 8.62. The highest BCUT2D eigenvalue weighted by atomic mass is 32.2. The average molecular weight is 288 g/mol. The topological polar surface area (TPSA) is 58.2 Å². The van der Waals surface area contributed by atoms with E-state index >= 15 is 0 Å². The van der Waals surface area contributed by atoms with Crippen LogP contribution in [0, 0.1) is 0 Å². The second-order valence-corrected chi connectivity index (χ2v) is 7.05. The summed E-state index contributed by atoms with van der Waals surface area (Å²) < 4.78 is 0. The van der Waals surface area contributed by atoms with Gasteiger partial charge < -0.3 is 10.6 Å². The number of hydrogen-bond donors (Lipinski definition) is 2. The number of hydrogen-bond acceptors (Lipinski definition) is 3. The minimum atomic E-state index is -0.176. The Morgan fingerprint density at radius 3 is 1.42 bits per heavy atom. The van der Waals surface area contributed by atoms with Crippen molar-refractivity contribution in [2.24, 2.45) is 0 Å². The molecule has 0 aromatic rings. The van der Waals surface area contributed by atoms with Crippen LogP contribution in [-0.2, 0) is 9.59 Å². The quantitative estimate of drug-likeness (QED) is 0.720. The third-order valence-electron chi connectivity index (χ3n) is 3.19. The van der Waals surface area contributed by atoms with Gasteiger partial charge in [0.2, 0.25) is 11.8 Å². The molecule has 0 unspecified atom stereocenters. The highest BCUT2D eigenvalue weighted by Gasteiger charge is 2.19. The van der Waals surface area contributed by atoms with E-state index in [0.29, 0.717) is 11.5 Å². The van der Waals surface area contributed by atoms with E-state index in [1.807, 2.05) is 41.5 Å². The van der Waals surface area contributed by atoms with E-state index in [-0.39, 0.29) is 22.9 Å². The molecule has 0 aromatic heterocycles. The molecule has 0 saturated carbocycles. The van der Waals surface area contributed by atoms with Gasteiger partial charge in [-0.15, -0.1) is 11.8 Å². The Balaban J connectivity index is 3.92. The molecule has 112 valence electrons. The summed E-state index contributed by atoms with van der Waals surface area (Å²) in [4.78, 5) is 23.4. The number of amides is 2. The molecule has 5 heteroatoms. The Kier molecular flexibility index (Phi) is 7.49. The maximum Gasteiger partial charge on any atom is 0.230 e. The van der Waals surface area contributed by atoms with Crippen LogP contribution in [0.2, 0.25) is 0 Å². The van der Waals surface area contributed by atoms with Crippen LogP contribution >= 0.6 is 11.8 Å². The third-order valence-corrected chi connectivity index (χ3v) is 4.12. The molecule has 0 fully saturated rings. The number of carbonyl (C=O) groups excluding carboxylic acids is 2. The number of carbonyl (C=O) groups is 2. The van der Waals surface area contributed by atoms with Gasteiger partial charge in [-0.2, -0.15) is 0 Å². The molecule has 4 nitrogen and oxygen atoms in total. The molecule has 0 aromatic carbocycles. The fourth-order valence-corrected chi connectivity index (χ4v) is 1.86. The lowest BCUT2D eigenvalue weighted by Crippen LogP contribution is -2.45. The molecule has 0 heterocycles. The summed E-state index contributed by atoms with van der Waals surface area (Å²) in [6.45, 7) is 12.0. The highest BCUT2D eigenvalue weighted by molar-refractivity contribution is 8.00. The second kappa shape index (κ2) is 7.78. The summed E-state index contributed by atoms with van der Waals surface area (Å²) in [6, 6.07) is 0. The molecule has 0 saturated heterocycles. The Hall–Kier alpha value is -0.710. The van der Waals surface area contributed by atoms with Gasteiger partial charge in [-0.05, 0) is 40.5 Å². The first-order valence-corrected chi connectivity index (χ1v) is 7.97. The first-order valence-electron chi connectivity index (χ1n) is 6.81. The molecule has 0 spiro atoms. The highest BCUT2D eigenvalue weighted by Crippen LogP contribution is 2.10. The zero-order valence-electron chi connectivity index (χ0n) is 13.1. The van der Waals surface area contributed by atoms with E-state index in [9.17, 15) is 9.59 Å². The van der Waals surface area contributed by atoms with Crippen LogP contribution in [0.4, 0.5) is 0 Å². The van der Waals surface area contributed by atoms with Gasteiger partial charge >= 0.3 is 0 Å². The van der Waals surface area contributed by atoms with Crippen LogP contribution in [0.25, 0.3) is 0 Å². The molecular formula is C14H28N2O2S. The van der Waals surface area contributed by atoms with Crippen molar-refractivity contribution in [2.75, 3.05) is 11.5 Å². The van der Waals surface area contributed by atoms with Gasteiger partial charge in [0.25, 0.3) is 0 Å². The van der Waals surface area contributed by atoms with Gasteiger partial charge in [0.1, 0.15) is 0 Å². The lowest BCUT2D eigenvalue weighted by molar-refractivity contribution is -0.120. The second-order valence-electron chi connectivity index (χ2n) is 6.06. The van der Waals surface area contributed by atoms with Gasteiger partial charge in [-0.1, -0.05) is 13.8 Å². The Bertz CT molecular complexity index is 285. The predicted octanol–water partition coefficient (Wildman–Crippen LogP) is 2.33. The largest absolute Gasteiger partial charge is 0.351 e. The molecule has 19 heavy (non-hydrogen) atoms. The lowest BCUT2D eigenvalue weighted by atomic mass is 10.0. The normalized spacial score (nSPS) is 12.1. The summed E-state index contributed by atoms with van der Waals surface area (Å²) >= 11 is 1.35. The number of thioether (sulfide) groups is 1. The number of nitrogens with one attached hydrogen (secondary N) is 2. The van der Waals surface area contributed by atoms with Crippen molar-refractivity contribution in [1.82, 2.24) is 10.6 Å². The third kappa shape index (κ3) is 8.92. The molecular weight excluding hydrogens is 260 g/mol. The zero-order valence-corrected chi connectivity index (χ0v) is 13.9. The molecule has 0 bridgehead atoms. The standard InChI is InChI=1S/C14H28N2O2S/c1-7-13(3,4)15-11(17)9-19-10-12(18)16-14(5,6)8-2/h7-10H2,1-6H3,(H,15,17)(H,16,18). The van der Waals surface area contributed by atoms with Crippen molar-refractivity contribution in [3.05, 3.63) is 0 Å². The minimum absolute atomic E-state index is 0.0144. The Morgan fingerprint density at radius 2 is 1.16 bits per heavy atom. The van der Waals surface area contributed by atoms with E-state index in [0.717, 1.165) is 12.8 Å². The van der Waals surface area contributed by atoms with Crippen molar-refractivity contribution >= 4 is 23.6 Å². The van der Waals surface area contributed by atoms with Gasteiger partial charge in [0, 0.05) is 11.1 Å². The maximum atomic E-state index is 11.7. The molecule has 0 aliphatic rings. The minimum Gasteiger partial charge on any atom is -0.351 e. The Morgan fingerprint density at radius 1 is 0.842 bits per heavy atom. The van der Waals surface area contributed by atoms with Crippen LogP contribution < -0.4 is 10.6 Å². The van der Waals surface area contributed by atoms with E-state index in [1.54, 1.807) is 0 Å². The van der Waals surface area contributed by atoms with E-state index in [1.165, 1.54) is 11.8 Å². The first kappa shape index (κ1) is 18.3. The number of rotatable bonds is 8. The van der Waals surface area contributed by atoms with E-state index in [4.69, 9.17) is 0 Å². The summed E-state index contributed by atoms with van der Waals surface area (Å²) in [7, 11) is 0. The lowest BCUT2D eigenvalue weighted by Gasteiger charge is -2.25. The van der Waals surface area contributed by atoms with Crippen molar-refractivity contribution in [2.45, 2.75) is 65.5 Å². The van der Waals surface area contributed by atoms with Gasteiger partial charge in [-0.25, -0.2) is 0 Å². The molecule has 0 atom stereocenters. The van der Waals surface area contributed by atoms with E-state index < -0.39 is 0 Å². The van der Waals surface area contributed by atoms with Crippen LogP contribution in [0.15, 0.2) is 0 Å². The van der Waals surface area contributed by atoms with E-state index in [2.05, 4.69) is 10.6 Å². The Labute approximate surface area is 121 Å². The molecule has 2 amide bonds. The average Bonchev–Trinajstić information content (AvgIpc) is 2.27. The predicted molar refractivity (Wildman–Crippen MR) is 82.4 cm³/mol. The van der Waals surface area contributed by atoms with Gasteiger partial charge in [0.15, 0.2) is 0 Å². The maximum absolute atomic E-state index is 11.7. The van der Waals surface area contributed by atoms with Crippen LogP contribution in [0.1, 0.15) is 54.4 Å². The SMILES string of the molecule is CCC(C)(C)NC(=O)CSCC(=O)NC(C)(C)CC. The van der Waals surface area contributed by atoms with Gasteiger partial charge in [-0.3, -0.25) is 9.59 Å². The molecule has 0 aliphatic heterocycles. The van der Waals surface area contributed by atoms with Crippen molar-refractivity contribution in [3.8, 4) is 0 Å². The summed E-state index contributed by atoms with van der Waals surface area (Å²) in [5.41, 5.74) is -0.353. The summed E-state index contributed by atoms with van der Waals surface area (Å²) in [5, 5.41) is 5.90. The fourth-order valence-electron chi connectivity index (χ4n) is 1.24. The molecule has 0 rings (SSSR count). The van der Waals surface area contributed by atoms with Crippen molar-refractivity contribution in [3.63, 3.8) is 0 Å². The van der Waals surface area contributed by atoms with Crippen LogP contribution in [0.5, 0.6) is 0 Å². The monoisotopic (exact) mass is 288 g/mol. The van der Waals surface area contributed by atoms with Crippen molar-refractivity contribution < 1.29 is 9.59 Å². The summed E-state index contributed by atoms with van der Waals surface area (Å²) in [5.74, 6) is 0.617. The van der Waals surface area contributed by atoms with Gasteiger partial charge in [0.05, 0.1) is 11.5 Å².